The number of carbonyl (C=O) groups is 2. The highest BCUT2D eigenvalue weighted by Gasteiger charge is 2.18. The Labute approximate surface area is 232 Å². The van der Waals surface area contributed by atoms with E-state index >= 15 is 0 Å². The number of hydrogen-bond donors (Lipinski definition) is 3. The molecule has 0 atom stereocenters. The van der Waals surface area contributed by atoms with Crippen molar-refractivity contribution in [2.24, 2.45) is 0 Å². The number of nitrogens with two attached hydrogens (primary N) is 1. The molecule has 0 saturated heterocycles. The summed E-state index contributed by atoms with van der Waals surface area (Å²) in [5, 5.41) is 5.86. The molecule has 0 radical (unpaired) electrons. The van der Waals surface area contributed by atoms with Crippen LogP contribution in [0.1, 0.15) is 59.1 Å². The second-order valence-corrected chi connectivity index (χ2v) is 9.68. The van der Waals surface area contributed by atoms with Gasteiger partial charge in [0, 0.05) is 31.3 Å². The molecule has 204 valence electrons. The fourth-order valence-corrected chi connectivity index (χ4v) is 4.80. The maximum Gasteiger partial charge on any atom is 0.255 e. The number of aryl methyl sites for hydroxylation is 2. The van der Waals surface area contributed by atoms with E-state index in [2.05, 4.69) is 32.1 Å². The average molecular weight is 536 g/mol. The number of imidazole rings is 1. The largest absolute Gasteiger partial charge is 0.382 e. The summed E-state index contributed by atoms with van der Waals surface area (Å²) in [7, 11) is 0. The van der Waals surface area contributed by atoms with Gasteiger partial charge in [0.05, 0.1) is 16.8 Å². The molecule has 0 unspecified atom stereocenters. The Bertz CT molecular complexity index is 1650. The summed E-state index contributed by atoms with van der Waals surface area (Å²) < 4.78 is 2.22. The Morgan fingerprint density at radius 3 is 2.50 bits per heavy atom. The van der Waals surface area contributed by atoms with Crippen molar-refractivity contribution >= 4 is 45.4 Å². The Morgan fingerprint density at radius 2 is 1.68 bits per heavy atom. The van der Waals surface area contributed by atoms with Gasteiger partial charge >= 0.3 is 0 Å². The molecule has 0 aliphatic heterocycles. The van der Waals surface area contributed by atoms with E-state index in [-0.39, 0.29) is 11.8 Å². The van der Waals surface area contributed by atoms with Crippen molar-refractivity contribution < 1.29 is 9.59 Å². The number of pyridine rings is 2. The molecule has 0 fully saturated rings. The molecule has 3 aromatic heterocycles. The van der Waals surface area contributed by atoms with Gasteiger partial charge in [-0.25, -0.2) is 9.97 Å². The minimum atomic E-state index is -0.259. The SMILES string of the molecule is CCCCc1nc2c(N)nc3cccnc3c2n1CCCCNC(=O)c1ccccc1NC(=O)c1ccccc1. The van der Waals surface area contributed by atoms with Crippen LogP contribution in [0.5, 0.6) is 0 Å². The highest BCUT2D eigenvalue weighted by Crippen LogP contribution is 2.28. The van der Waals surface area contributed by atoms with Crippen LogP contribution in [0.25, 0.3) is 22.1 Å². The zero-order valence-electron chi connectivity index (χ0n) is 22.6. The fourth-order valence-electron chi connectivity index (χ4n) is 4.80. The number of benzene rings is 2. The lowest BCUT2D eigenvalue weighted by molar-refractivity contribution is 0.0953. The van der Waals surface area contributed by atoms with Crippen LogP contribution in [0.2, 0.25) is 0 Å². The van der Waals surface area contributed by atoms with Crippen molar-refractivity contribution in [3.8, 4) is 0 Å². The number of nitrogens with zero attached hydrogens (tertiary/aromatic N) is 4. The van der Waals surface area contributed by atoms with Gasteiger partial charge in [-0.15, -0.1) is 0 Å². The van der Waals surface area contributed by atoms with Crippen molar-refractivity contribution in [2.75, 3.05) is 17.6 Å². The Kier molecular flexibility index (Phi) is 8.29. The molecule has 4 N–H and O–H groups in total. The number of aromatic nitrogens is 4. The summed E-state index contributed by atoms with van der Waals surface area (Å²) in [6.45, 7) is 3.39. The number of rotatable bonds is 11. The third-order valence-electron chi connectivity index (χ3n) is 6.84. The molecule has 0 aliphatic carbocycles. The fraction of sp³-hybridized carbons (Fsp3) is 0.258. The zero-order valence-corrected chi connectivity index (χ0v) is 22.6. The molecule has 5 rings (SSSR count). The van der Waals surface area contributed by atoms with Crippen molar-refractivity contribution in [3.63, 3.8) is 0 Å². The number of amides is 2. The average Bonchev–Trinajstić information content (AvgIpc) is 3.35. The molecule has 0 bridgehead atoms. The van der Waals surface area contributed by atoms with E-state index in [1.165, 1.54) is 0 Å². The number of unbranched alkanes of at least 4 members (excludes halogenated alkanes) is 2. The van der Waals surface area contributed by atoms with Crippen LogP contribution in [-0.2, 0) is 13.0 Å². The van der Waals surface area contributed by atoms with Crippen LogP contribution in [-0.4, -0.2) is 37.9 Å². The minimum Gasteiger partial charge on any atom is -0.382 e. The van der Waals surface area contributed by atoms with Gasteiger partial charge in [-0.3, -0.25) is 14.6 Å². The highest BCUT2D eigenvalue weighted by atomic mass is 16.2. The Morgan fingerprint density at radius 1 is 0.875 bits per heavy atom. The maximum absolute atomic E-state index is 13.0. The second-order valence-electron chi connectivity index (χ2n) is 9.68. The summed E-state index contributed by atoms with van der Waals surface area (Å²) in [5.74, 6) is 0.910. The third kappa shape index (κ3) is 5.78. The van der Waals surface area contributed by atoms with Crippen molar-refractivity contribution in [1.82, 2.24) is 24.8 Å². The van der Waals surface area contributed by atoms with Crippen molar-refractivity contribution in [3.05, 3.63) is 89.9 Å². The first-order valence-electron chi connectivity index (χ1n) is 13.7. The predicted octanol–water partition coefficient (Wildman–Crippen LogP) is 5.37. The summed E-state index contributed by atoms with van der Waals surface area (Å²) in [5.41, 5.74) is 10.9. The number of nitrogens with one attached hydrogen (secondary N) is 2. The first kappa shape index (κ1) is 26.8. The number of anilines is 2. The van der Waals surface area contributed by atoms with Crippen LogP contribution in [0.3, 0.4) is 0 Å². The Hall–Kier alpha value is -4.79. The number of hydrogen-bond acceptors (Lipinski definition) is 6. The van der Waals surface area contributed by atoms with Gasteiger partial charge in [-0.05, 0) is 55.7 Å². The van der Waals surface area contributed by atoms with Crippen LogP contribution in [0.15, 0.2) is 72.9 Å². The molecule has 2 aromatic carbocycles. The number of para-hydroxylation sites is 1. The standard InChI is InChI=1S/C31H33N7O2/c1-2-3-17-25-37-27-28(26-24(35-29(27)32)16-11-19-33-26)38(25)20-10-9-18-34-31(40)22-14-7-8-15-23(22)36-30(39)21-12-5-4-6-13-21/h4-8,11-16,19H,2-3,9-10,17-18,20H2,1H3,(H2,32,35)(H,34,40)(H,36,39). The molecule has 0 aliphatic rings. The molecule has 40 heavy (non-hydrogen) atoms. The van der Waals surface area contributed by atoms with Crippen molar-refractivity contribution in [2.45, 2.75) is 45.6 Å². The lowest BCUT2D eigenvalue weighted by Gasteiger charge is -2.12. The van der Waals surface area contributed by atoms with E-state index in [9.17, 15) is 9.59 Å². The lowest BCUT2D eigenvalue weighted by atomic mass is 10.1. The smallest absolute Gasteiger partial charge is 0.255 e. The van der Waals surface area contributed by atoms with Gasteiger partial charge in [-0.1, -0.05) is 43.7 Å². The van der Waals surface area contributed by atoms with Gasteiger partial charge in [0.25, 0.3) is 11.8 Å². The first-order chi connectivity index (χ1) is 19.6. The van der Waals surface area contributed by atoms with Crippen LogP contribution in [0.4, 0.5) is 11.5 Å². The quantitative estimate of drug-likeness (QED) is 0.195. The predicted molar refractivity (Wildman–Crippen MR) is 158 cm³/mol. The first-order valence-corrected chi connectivity index (χ1v) is 13.7. The second kappa shape index (κ2) is 12.4. The summed E-state index contributed by atoms with van der Waals surface area (Å²) >= 11 is 0. The van der Waals surface area contributed by atoms with Crippen LogP contribution in [0, 0.1) is 0 Å². The molecular formula is C31H33N7O2. The van der Waals surface area contributed by atoms with Gasteiger partial charge < -0.3 is 20.9 Å². The van der Waals surface area contributed by atoms with E-state index < -0.39 is 0 Å². The van der Waals surface area contributed by atoms with Gasteiger partial charge in [0.15, 0.2) is 5.82 Å². The van der Waals surface area contributed by atoms with Crippen molar-refractivity contribution in [1.29, 1.82) is 0 Å². The molecule has 9 heteroatoms. The summed E-state index contributed by atoms with van der Waals surface area (Å²) in [4.78, 5) is 39.6. The van der Waals surface area contributed by atoms with E-state index in [4.69, 9.17) is 10.7 Å². The molecule has 3 heterocycles. The van der Waals surface area contributed by atoms with Gasteiger partial charge in [-0.2, -0.15) is 0 Å². The Balaban J connectivity index is 1.25. The van der Waals surface area contributed by atoms with E-state index in [1.54, 1.807) is 54.7 Å². The topological polar surface area (TPSA) is 128 Å². The number of carbonyl (C=O) groups excluding carboxylic acids is 2. The molecule has 9 nitrogen and oxygen atoms in total. The summed E-state index contributed by atoms with van der Waals surface area (Å²) in [6.07, 6.45) is 6.30. The van der Waals surface area contributed by atoms with Crippen LogP contribution >= 0.6 is 0 Å². The molecule has 5 aromatic rings. The van der Waals surface area contributed by atoms with Gasteiger partial charge in [0.1, 0.15) is 22.4 Å². The van der Waals surface area contributed by atoms with Gasteiger partial charge in [0.2, 0.25) is 0 Å². The maximum atomic E-state index is 13.0. The zero-order chi connectivity index (χ0) is 27.9. The molecule has 2 amide bonds. The lowest BCUT2D eigenvalue weighted by Crippen LogP contribution is -2.26. The number of nitrogen functional groups attached to an aromatic ring is 1. The number of fused-ring (bicyclic) bond motifs is 3. The highest BCUT2D eigenvalue weighted by molar-refractivity contribution is 6.09. The van der Waals surface area contributed by atoms with E-state index in [0.717, 1.165) is 61.0 Å². The monoisotopic (exact) mass is 535 g/mol. The third-order valence-corrected chi connectivity index (χ3v) is 6.84. The molecule has 0 spiro atoms. The summed E-state index contributed by atoms with van der Waals surface area (Å²) in [6, 6.07) is 19.7. The molecule has 0 saturated carbocycles. The van der Waals surface area contributed by atoms with E-state index in [0.29, 0.717) is 34.7 Å². The van der Waals surface area contributed by atoms with Crippen LogP contribution < -0.4 is 16.4 Å². The van der Waals surface area contributed by atoms with E-state index in [1.807, 2.05) is 18.2 Å². The molecular weight excluding hydrogens is 502 g/mol. The minimum absolute atomic E-state index is 0.227. The normalized spacial score (nSPS) is 11.1.